The molecule has 0 radical (unpaired) electrons. The molecule has 2 saturated heterocycles. The van der Waals surface area contributed by atoms with Gasteiger partial charge >= 0.3 is 0 Å². The Labute approximate surface area is 203 Å². The van der Waals surface area contributed by atoms with E-state index in [0.717, 1.165) is 54.2 Å². The molecule has 0 spiro atoms. The molecule has 2 aromatic carbocycles. The van der Waals surface area contributed by atoms with Crippen molar-refractivity contribution in [2.45, 2.75) is 38.5 Å². The first kappa shape index (κ1) is 24.6. The summed E-state index contributed by atoms with van der Waals surface area (Å²) >= 11 is 0. The molecule has 2 aromatic rings. The van der Waals surface area contributed by atoms with Crippen LogP contribution in [0.4, 0.5) is 5.69 Å². The summed E-state index contributed by atoms with van der Waals surface area (Å²) in [7, 11) is 1.65. The summed E-state index contributed by atoms with van der Waals surface area (Å²) in [6, 6.07) is 15.5. The minimum Gasteiger partial charge on any atom is -0.497 e. The number of hydrogen-bond acceptors (Lipinski definition) is 5. The molecule has 0 unspecified atom stereocenters. The molecular formula is C28H38N2O4. The second-order valence-electron chi connectivity index (χ2n) is 9.96. The maximum absolute atomic E-state index is 13.5. The maximum atomic E-state index is 13.5. The van der Waals surface area contributed by atoms with Crippen LogP contribution in [-0.4, -0.2) is 57.4 Å². The van der Waals surface area contributed by atoms with Crippen molar-refractivity contribution in [1.82, 2.24) is 4.90 Å². The van der Waals surface area contributed by atoms with Gasteiger partial charge in [0.1, 0.15) is 18.1 Å². The molecule has 1 N–H and O–H groups in total. The Kier molecular flexibility index (Phi) is 8.11. The smallest absolute Gasteiger partial charge is 0.235 e. The molecule has 2 aliphatic heterocycles. The van der Waals surface area contributed by atoms with E-state index in [0.29, 0.717) is 32.7 Å². The highest BCUT2D eigenvalue weighted by Crippen LogP contribution is 2.37. The van der Waals surface area contributed by atoms with Crippen molar-refractivity contribution in [3.05, 3.63) is 54.1 Å². The summed E-state index contributed by atoms with van der Waals surface area (Å²) in [6.07, 6.45) is 2.62. The van der Waals surface area contributed by atoms with E-state index >= 15 is 0 Å². The monoisotopic (exact) mass is 466 g/mol. The van der Waals surface area contributed by atoms with Crippen LogP contribution in [0.15, 0.2) is 48.5 Å². The van der Waals surface area contributed by atoms with Crippen molar-refractivity contribution in [3.8, 4) is 11.5 Å². The molecule has 0 saturated carbocycles. The van der Waals surface area contributed by atoms with Gasteiger partial charge < -0.3 is 19.5 Å². The average molecular weight is 467 g/mol. The molecule has 0 aromatic heterocycles. The zero-order chi connectivity index (χ0) is 24.0. The van der Waals surface area contributed by atoms with Gasteiger partial charge in [-0.2, -0.15) is 0 Å². The van der Waals surface area contributed by atoms with Gasteiger partial charge in [0.2, 0.25) is 5.91 Å². The molecule has 2 aliphatic rings. The Morgan fingerprint density at radius 1 is 1.00 bits per heavy atom. The lowest BCUT2D eigenvalue weighted by Gasteiger charge is -2.36. The third-order valence-corrected chi connectivity index (χ3v) is 7.16. The highest BCUT2D eigenvalue weighted by molar-refractivity contribution is 5.99. The first-order chi connectivity index (χ1) is 16.5. The summed E-state index contributed by atoms with van der Waals surface area (Å²) in [6.45, 7) is 9.72. The van der Waals surface area contributed by atoms with E-state index in [1.54, 1.807) is 7.11 Å². The van der Waals surface area contributed by atoms with Crippen LogP contribution in [-0.2, 0) is 14.9 Å². The molecule has 0 bridgehead atoms. The molecule has 0 aliphatic carbocycles. The van der Waals surface area contributed by atoms with Gasteiger partial charge in [0, 0.05) is 38.5 Å². The molecular weight excluding hydrogens is 428 g/mol. The molecule has 2 heterocycles. The first-order valence-electron chi connectivity index (χ1n) is 12.5. The fourth-order valence-corrected chi connectivity index (χ4v) is 5.43. The van der Waals surface area contributed by atoms with Gasteiger partial charge in [0.05, 0.1) is 12.5 Å². The molecule has 184 valence electrons. The Morgan fingerprint density at radius 2 is 1.62 bits per heavy atom. The van der Waals surface area contributed by atoms with E-state index in [4.69, 9.17) is 14.2 Å². The minimum atomic E-state index is -0.609. The van der Waals surface area contributed by atoms with Crippen LogP contribution in [0, 0.1) is 11.8 Å². The normalized spacial score (nSPS) is 22.7. The van der Waals surface area contributed by atoms with Gasteiger partial charge in [0.25, 0.3) is 0 Å². The Hall–Kier alpha value is -2.57. The summed E-state index contributed by atoms with van der Waals surface area (Å²) in [4.78, 5) is 16.0. The Bertz CT molecular complexity index is 912. The van der Waals surface area contributed by atoms with Gasteiger partial charge in [-0.15, -0.1) is 0 Å². The van der Waals surface area contributed by atoms with Crippen molar-refractivity contribution >= 4 is 11.6 Å². The number of piperidine rings is 1. The van der Waals surface area contributed by atoms with Gasteiger partial charge in [-0.25, -0.2) is 0 Å². The number of likely N-dealkylation sites (tertiary alicyclic amines) is 1. The zero-order valence-electron chi connectivity index (χ0n) is 20.7. The van der Waals surface area contributed by atoms with E-state index in [-0.39, 0.29) is 5.91 Å². The van der Waals surface area contributed by atoms with Crippen LogP contribution in [0.25, 0.3) is 0 Å². The predicted octanol–water partition coefficient (Wildman–Crippen LogP) is 4.74. The van der Waals surface area contributed by atoms with E-state index in [9.17, 15) is 4.79 Å². The number of carbonyl (C=O) groups excluding carboxylic acids is 1. The van der Waals surface area contributed by atoms with Crippen molar-refractivity contribution in [2.75, 3.05) is 51.9 Å². The first-order valence-corrected chi connectivity index (χ1v) is 12.5. The topological polar surface area (TPSA) is 60.0 Å². The van der Waals surface area contributed by atoms with Gasteiger partial charge in [-0.1, -0.05) is 26.0 Å². The lowest BCUT2D eigenvalue weighted by molar-refractivity contribution is -0.125. The third-order valence-electron chi connectivity index (χ3n) is 7.16. The van der Waals surface area contributed by atoms with Gasteiger partial charge in [-0.3, -0.25) is 9.69 Å². The van der Waals surface area contributed by atoms with Crippen LogP contribution < -0.4 is 14.8 Å². The summed E-state index contributed by atoms with van der Waals surface area (Å²) < 4.78 is 16.8. The number of ether oxygens (including phenoxy) is 3. The lowest BCUT2D eigenvalue weighted by atomic mass is 9.73. The summed E-state index contributed by atoms with van der Waals surface area (Å²) in [5.41, 5.74) is 1.16. The fraction of sp³-hybridized carbons (Fsp3) is 0.536. The maximum Gasteiger partial charge on any atom is 0.235 e. The number of anilines is 1. The number of carbonyl (C=O) groups is 1. The number of benzene rings is 2. The number of methoxy groups -OCH3 is 1. The quantitative estimate of drug-likeness (QED) is 0.609. The number of nitrogens with zero attached hydrogens (tertiary/aromatic N) is 1. The third kappa shape index (κ3) is 5.91. The highest BCUT2D eigenvalue weighted by atomic mass is 16.5. The van der Waals surface area contributed by atoms with E-state index in [1.165, 1.54) is 6.42 Å². The molecule has 4 rings (SSSR count). The predicted molar refractivity (Wildman–Crippen MR) is 135 cm³/mol. The number of amides is 1. The molecule has 2 fully saturated rings. The fourth-order valence-electron chi connectivity index (χ4n) is 5.43. The standard InChI is InChI=1S/C28H38N2O4/c1-21-18-22(2)20-30(19-21)14-17-34-26-10-6-24(7-11-26)29-27(31)28(12-15-33-16-13-28)23-4-8-25(32-3)9-5-23/h4-11,21-22H,12-20H2,1-3H3,(H,29,31)/t21-,22-/m0/s1. The van der Waals surface area contributed by atoms with Crippen molar-refractivity contribution in [2.24, 2.45) is 11.8 Å². The summed E-state index contributed by atoms with van der Waals surface area (Å²) in [5.74, 6) is 3.12. The number of rotatable bonds is 8. The number of hydrogen-bond donors (Lipinski definition) is 1. The van der Waals surface area contributed by atoms with Crippen LogP contribution in [0.5, 0.6) is 11.5 Å². The van der Waals surface area contributed by atoms with Crippen LogP contribution >= 0.6 is 0 Å². The highest BCUT2D eigenvalue weighted by Gasteiger charge is 2.41. The zero-order valence-corrected chi connectivity index (χ0v) is 20.7. The van der Waals surface area contributed by atoms with Crippen molar-refractivity contribution in [3.63, 3.8) is 0 Å². The van der Waals surface area contributed by atoms with E-state index in [1.807, 2.05) is 48.5 Å². The van der Waals surface area contributed by atoms with Crippen LogP contribution in [0.1, 0.15) is 38.7 Å². The second kappa shape index (κ2) is 11.2. The average Bonchev–Trinajstić information content (AvgIpc) is 2.85. The van der Waals surface area contributed by atoms with Crippen molar-refractivity contribution < 1.29 is 19.0 Å². The van der Waals surface area contributed by atoms with E-state index in [2.05, 4.69) is 24.1 Å². The minimum absolute atomic E-state index is 0.00275. The molecule has 1 amide bonds. The molecule has 2 atom stereocenters. The van der Waals surface area contributed by atoms with Crippen LogP contribution in [0.3, 0.4) is 0 Å². The van der Waals surface area contributed by atoms with Gasteiger partial charge in [-0.05, 0) is 73.1 Å². The van der Waals surface area contributed by atoms with E-state index < -0.39 is 5.41 Å². The molecule has 6 heteroatoms. The molecule has 34 heavy (non-hydrogen) atoms. The second-order valence-corrected chi connectivity index (χ2v) is 9.96. The van der Waals surface area contributed by atoms with Crippen LogP contribution in [0.2, 0.25) is 0 Å². The summed E-state index contributed by atoms with van der Waals surface area (Å²) in [5, 5.41) is 3.13. The Balaban J connectivity index is 1.35. The number of nitrogens with one attached hydrogen (secondary N) is 1. The Morgan fingerprint density at radius 3 is 2.24 bits per heavy atom. The molecule has 6 nitrogen and oxygen atoms in total. The SMILES string of the molecule is COc1ccc(C2(C(=O)Nc3ccc(OCCN4C[C@@H](C)C[C@H](C)C4)cc3)CCOCC2)cc1. The lowest BCUT2D eigenvalue weighted by Crippen LogP contribution is -2.44. The van der Waals surface area contributed by atoms with Crippen molar-refractivity contribution in [1.29, 1.82) is 0 Å². The van der Waals surface area contributed by atoms with Gasteiger partial charge in [0.15, 0.2) is 0 Å². The largest absolute Gasteiger partial charge is 0.497 e.